The first-order valence-electron chi connectivity index (χ1n) is 8.64. The fourth-order valence-corrected chi connectivity index (χ4v) is 3.21. The number of carbonyl (C=O) groups excluding carboxylic acids is 1. The quantitative estimate of drug-likeness (QED) is 0.925. The molecule has 0 saturated carbocycles. The Morgan fingerprint density at radius 2 is 2.17 bits per heavy atom. The summed E-state index contributed by atoms with van der Waals surface area (Å²) in [5, 5.41) is 3.21. The molecule has 126 valence electrons. The number of anilines is 2. The van der Waals surface area contributed by atoms with Gasteiger partial charge >= 0.3 is 0 Å². The zero-order valence-electron chi connectivity index (χ0n) is 14.3. The van der Waals surface area contributed by atoms with Crippen LogP contribution in [0.5, 0.6) is 0 Å². The highest BCUT2D eigenvalue weighted by molar-refractivity contribution is 5.92. The van der Waals surface area contributed by atoms with E-state index in [4.69, 9.17) is 0 Å². The van der Waals surface area contributed by atoms with E-state index < -0.39 is 0 Å². The summed E-state index contributed by atoms with van der Waals surface area (Å²) in [5.41, 5.74) is 2.56. The largest absolute Gasteiger partial charge is 0.339 e. The molecule has 1 N–H and O–H groups in total. The van der Waals surface area contributed by atoms with Crippen LogP contribution in [0.25, 0.3) is 0 Å². The monoisotopic (exact) mass is 324 g/mol. The van der Waals surface area contributed by atoms with Gasteiger partial charge < -0.3 is 10.2 Å². The molecule has 1 atom stereocenters. The lowest BCUT2D eigenvalue weighted by molar-refractivity contribution is 0.0601. The number of amides is 1. The first-order chi connectivity index (χ1) is 11.7. The molecule has 1 aliphatic heterocycles. The maximum absolute atomic E-state index is 12.7. The SMILES string of the molecule is CCC1CCCCN1C(=O)c1cnc(Nc2cccc(C)c2)cn1. The fraction of sp³-hybridized carbons (Fsp3) is 0.421. The number of nitrogens with one attached hydrogen (secondary N) is 1. The van der Waals surface area contributed by atoms with Crippen LogP contribution in [-0.4, -0.2) is 33.4 Å². The summed E-state index contributed by atoms with van der Waals surface area (Å²) >= 11 is 0. The number of likely N-dealkylation sites (tertiary alicyclic amines) is 1. The van der Waals surface area contributed by atoms with Gasteiger partial charge in [0.15, 0.2) is 0 Å². The van der Waals surface area contributed by atoms with Crippen LogP contribution in [0.2, 0.25) is 0 Å². The number of carbonyl (C=O) groups is 1. The number of aryl methyl sites for hydroxylation is 1. The van der Waals surface area contributed by atoms with Crippen LogP contribution in [0.15, 0.2) is 36.7 Å². The van der Waals surface area contributed by atoms with Crippen molar-refractivity contribution >= 4 is 17.4 Å². The number of piperidine rings is 1. The lowest BCUT2D eigenvalue weighted by atomic mass is 10.00. The molecule has 0 bridgehead atoms. The summed E-state index contributed by atoms with van der Waals surface area (Å²) in [7, 11) is 0. The molecule has 2 aromatic rings. The van der Waals surface area contributed by atoms with Crippen molar-refractivity contribution in [1.82, 2.24) is 14.9 Å². The van der Waals surface area contributed by atoms with Gasteiger partial charge in [0.1, 0.15) is 11.5 Å². The Kier molecular flexibility index (Phi) is 5.08. The lowest BCUT2D eigenvalue weighted by Crippen LogP contribution is -2.43. The minimum atomic E-state index is -0.00356. The average Bonchev–Trinajstić information content (AvgIpc) is 2.62. The number of hydrogen-bond acceptors (Lipinski definition) is 4. The molecule has 0 spiro atoms. The van der Waals surface area contributed by atoms with Crippen LogP contribution < -0.4 is 5.32 Å². The van der Waals surface area contributed by atoms with Gasteiger partial charge in [-0.2, -0.15) is 0 Å². The molecule has 1 amide bonds. The molecular formula is C19H24N4O. The molecule has 24 heavy (non-hydrogen) atoms. The van der Waals surface area contributed by atoms with Crippen molar-refractivity contribution in [1.29, 1.82) is 0 Å². The van der Waals surface area contributed by atoms with Gasteiger partial charge in [0, 0.05) is 18.3 Å². The summed E-state index contributed by atoms with van der Waals surface area (Å²) in [5.74, 6) is 0.638. The number of aromatic nitrogens is 2. The van der Waals surface area contributed by atoms with Crippen LogP contribution in [0.3, 0.4) is 0 Å². The number of benzene rings is 1. The predicted octanol–water partition coefficient (Wildman–Crippen LogP) is 3.93. The normalized spacial score (nSPS) is 17.6. The standard InChI is InChI=1S/C19H24N4O/c1-3-16-9-4-5-10-23(16)19(24)17-12-21-18(13-20-17)22-15-8-6-7-14(2)11-15/h6-8,11-13,16H,3-5,9-10H2,1-2H3,(H,21,22). The number of rotatable bonds is 4. The molecule has 1 aromatic heterocycles. The van der Waals surface area contributed by atoms with E-state index >= 15 is 0 Å². The van der Waals surface area contributed by atoms with Crippen molar-refractivity contribution in [2.45, 2.75) is 45.6 Å². The number of nitrogens with zero attached hydrogens (tertiary/aromatic N) is 3. The highest BCUT2D eigenvalue weighted by Gasteiger charge is 2.27. The molecule has 1 fully saturated rings. The van der Waals surface area contributed by atoms with E-state index in [1.54, 1.807) is 12.4 Å². The van der Waals surface area contributed by atoms with E-state index in [9.17, 15) is 4.79 Å². The lowest BCUT2D eigenvalue weighted by Gasteiger charge is -2.34. The van der Waals surface area contributed by atoms with E-state index in [2.05, 4.69) is 22.2 Å². The molecular weight excluding hydrogens is 300 g/mol. The third-order valence-electron chi connectivity index (χ3n) is 4.52. The van der Waals surface area contributed by atoms with Crippen LogP contribution in [0, 0.1) is 6.92 Å². The van der Waals surface area contributed by atoms with Gasteiger partial charge in [0.25, 0.3) is 5.91 Å². The molecule has 3 rings (SSSR count). The molecule has 1 aromatic carbocycles. The Morgan fingerprint density at radius 3 is 2.88 bits per heavy atom. The minimum absolute atomic E-state index is 0.00356. The van der Waals surface area contributed by atoms with Crippen molar-refractivity contribution in [2.24, 2.45) is 0 Å². The van der Waals surface area contributed by atoms with E-state index in [-0.39, 0.29) is 5.91 Å². The van der Waals surface area contributed by atoms with E-state index in [1.165, 1.54) is 12.0 Å². The second-order valence-corrected chi connectivity index (χ2v) is 6.34. The van der Waals surface area contributed by atoms with Gasteiger partial charge in [-0.1, -0.05) is 19.1 Å². The summed E-state index contributed by atoms with van der Waals surface area (Å²) in [4.78, 5) is 23.3. The van der Waals surface area contributed by atoms with Crippen LogP contribution in [0.1, 0.15) is 48.7 Å². The van der Waals surface area contributed by atoms with Gasteiger partial charge in [-0.15, -0.1) is 0 Å². The highest BCUT2D eigenvalue weighted by Crippen LogP contribution is 2.21. The van der Waals surface area contributed by atoms with Crippen molar-refractivity contribution in [3.8, 4) is 0 Å². The topological polar surface area (TPSA) is 58.1 Å². The average molecular weight is 324 g/mol. The van der Waals surface area contributed by atoms with Crippen LogP contribution in [0.4, 0.5) is 11.5 Å². The van der Waals surface area contributed by atoms with Crippen molar-refractivity contribution in [2.75, 3.05) is 11.9 Å². The van der Waals surface area contributed by atoms with Crippen molar-refractivity contribution < 1.29 is 4.79 Å². The van der Waals surface area contributed by atoms with E-state index in [1.807, 2.05) is 36.1 Å². The summed E-state index contributed by atoms with van der Waals surface area (Å²) in [6.45, 7) is 5.00. The molecule has 1 aliphatic rings. The van der Waals surface area contributed by atoms with E-state index in [0.717, 1.165) is 31.5 Å². The summed E-state index contributed by atoms with van der Waals surface area (Å²) in [6.07, 6.45) is 7.55. The van der Waals surface area contributed by atoms with Gasteiger partial charge in [0.2, 0.25) is 0 Å². The van der Waals surface area contributed by atoms with Gasteiger partial charge in [-0.25, -0.2) is 9.97 Å². The molecule has 5 heteroatoms. The molecule has 1 saturated heterocycles. The Morgan fingerprint density at radius 1 is 1.29 bits per heavy atom. The second-order valence-electron chi connectivity index (χ2n) is 6.34. The fourth-order valence-electron chi connectivity index (χ4n) is 3.21. The molecule has 1 unspecified atom stereocenters. The van der Waals surface area contributed by atoms with Crippen molar-refractivity contribution in [3.05, 3.63) is 47.9 Å². The van der Waals surface area contributed by atoms with Crippen LogP contribution >= 0.6 is 0 Å². The van der Waals surface area contributed by atoms with Crippen molar-refractivity contribution in [3.63, 3.8) is 0 Å². The number of hydrogen-bond donors (Lipinski definition) is 1. The van der Waals surface area contributed by atoms with Gasteiger partial charge in [-0.05, 0) is 50.3 Å². The Balaban J connectivity index is 1.70. The Bertz CT molecular complexity index is 699. The van der Waals surface area contributed by atoms with E-state index in [0.29, 0.717) is 17.6 Å². The third kappa shape index (κ3) is 3.72. The highest BCUT2D eigenvalue weighted by atomic mass is 16.2. The maximum Gasteiger partial charge on any atom is 0.274 e. The maximum atomic E-state index is 12.7. The van der Waals surface area contributed by atoms with Gasteiger partial charge in [-0.3, -0.25) is 4.79 Å². The summed E-state index contributed by atoms with van der Waals surface area (Å²) in [6, 6.07) is 8.39. The summed E-state index contributed by atoms with van der Waals surface area (Å²) < 4.78 is 0. The van der Waals surface area contributed by atoms with Gasteiger partial charge in [0.05, 0.1) is 12.4 Å². The first kappa shape index (κ1) is 16.4. The predicted molar refractivity (Wildman–Crippen MR) is 95.5 cm³/mol. The van der Waals surface area contributed by atoms with Crippen LogP contribution in [-0.2, 0) is 0 Å². The first-order valence-corrected chi connectivity index (χ1v) is 8.64. The molecule has 0 radical (unpaired) electrons. The zero-order chi connectivity index (χ0) is 16.9. The Labute approximate surface area is 143 Å². The zero-order valence-corrected chi connectivity index (χ0v) is 14.3. The second kappa shape index (κ2) is 7.43. The Hall–Kier alpha value is -2.43. The molecule has 0 aliphatic carbocycles. The smallest absolute Gasteiger partial charge is 0.274 e. The molecule has 5 nitrogen and oxygen atoms in total. The molecule has 2 heterocycles. The minimum Gasteiger partial charge on any atom is -0.339 e. The third-order valence-corrected chi connectivity index (χ3v) is 4.52.